The smallest absolute Gasteiger partial charge is 0.172 e. The molecule has 0 spiro atoms. The zero-order valence-corrected chi connectivity index (χ0v) is 12.1. The topological polar surface area (TPSA) is 37.8 Å². The number of anilines is 1. The van der Waals surface area contributed by atoms with Gasteiger partial charge in [0.25, 0.3) is 0 Å². The zero-order valence-electron chi connectivity index (χ0n) is 10.6. The second kappa shape index (κ2) is 4.79. The molecule has 0 unspecified atom stereocenters. The highest BCUT2D eigenvalue weighted by molar-refractivity contribution is 7.19. The van der Waals surface area contributed by atoms with E-state index in [0.717, 1.165) is 31.5 Å². The third-order valence-electron chi connectivity index (χ3n) is 2.96. The SMILES string of the molecule is CNc1nc(-c2ccc(Cl)s2)nc2c(C)cccc12. The van der Waals surface area contributed by atoms with Gasteiger partial charge in [-0.2, -0.15) is 0 Å². The molecule has 0 bridgehead atoms. The van der Waals surface area contributed by atoms with Crippen molar-refractivity contribution in [2.45, 2.75) is 6.92 Å². The van der Waals surface area contributed by atoms with Crippen molar-refractivity contribution < 1.29 is 0 Å². The maximum Gasteiger partial charge on any atom is 0.172 e. The molecule has 0 aliphatic carbocycles. The first-order chi connectivity index (χ1) is 9.19. The van der Waals surface area contributed by atoms with Gasteiger partial charge in [0.1, 0.15) is 5.82 Å². The van der Waals surface area contributed by atoms with E-state index < -0.39 is 0 Å². The van der Waals surface area contributed by atoms with Crippen LogP contribution in [0.2, 0.25) is 4.34 Å². The number of thiophene rings is 1. The number of hydrogen-bond donors (Lipinski definition) is 1. The number of halogens is 1. The minimum Gasteiger partial charge on any atom is -0.373 e. The minimum atomic E-state index is 0.711. The Morgan fingerprint density at radius 1 is 1.16 bits per heavy atom. The third kappa shape index (κ3) is 2.17. The van der Waals surface area contributed by atoms with Gasteiger partial charge in [0.15, 0.2) is 5.82 Å². The third-order valence-corrected chi connectivity index (χ3v) is 4.19. The van der Waals surface area contributed by atoms with Crippen LogP contribution in [0.5, 0.6) is 0 Å². The summed E-state index contributed by atoms with van der Waals surface area (Å²) in [5, 5.41) is 4.17. The normalized spacial score (nSPS) is 10.9. The number of para-hydroxylation sites is 1. The van der Waals surface area contributed by atoms with Gasteiger partial charge in [0.2, 0.25) is 0 Å². The van der Waals surface area contributed by atoms with Crippen molar-refractivity contribution in [2.24, 2.45) is 0 Å². The summed E-state index contributed by atoms with van der Waals surface area (Å²) in [6.07, 6.45) is 0. The van der Waals surface area contributed by atoms with Gasteiger partial charge in [-0.3, -0.25) is 0 Å². The summed E-state index contributed by atoms with van der Waals surface area (Å²) in [5.74, 6) is 1.55. The van der Waals surface area contributed by atoms with Crippen molar-refractivity contribution >= 4 is 39.7 Å². The number of aryl methyl sites for hydroxylation is 1. The molecule has 3 nitrogen and oxygen atoms in total. The van der Waals surface area contributed by atoms with Crippen LogP contribution in [-0.4, -0.2) is 17.0 Å². The van der Waals surface area contributed by atoms with Crippen LogP contribution >= 0.6 is 22.9 Å². The Morgan fingerprint density at radius 3 is 2.68 bits per heavy atom. The molecule has 0 saturated heterocycles. The molecule has 2 heterocycles. The maximum absolute atomic E-state index is 5.98. The van der Waals surface area contributed by atoms with Crippen molar-refractivity contribution in [3.05, 3.63) is 40.2 Å². The fraction of sp³-hybridized carbons (Fsp3) is 0.143. The van der Waals surface area contributed by atoms with Crippen LogP contribution < -0.4 is 5.32 Å². The van der Waals surface area contributed by atoms with Gasteiger partial charge in [-0.15, -0.1) is 11.3 Å². The molecule has 0 aliphatic rings. The van der Waals surface area contributed by atoms with Crippen LogP contribution in [0.3, 0.4) is 0 Å². The molecule has 2 aromatic heterocycles. The Morgan fingerprint density at radius 2 is 2.00 bits per heavy atom. The molecule has 0 fully saturated rings. The first kappa shape index (κ1) is 12.4. The molecule has 5 heteroatoms. The van der Waals surface area contributed by atoms with Gasteiger partial charge >= 0.3 is 0 Å². The Bertz CT molecular complexity index is 752. The number of nitrogens with zero attached hydrogens (tertiary/aromatic N) is 2. The lowest BCUT2D eigenvalue weighted by Gasteiger charge is -2.08. The largest absolute Gasteiger partial charge is 0.373 e. The molecule has 0 saturated carbocycles. The average molecular weight is 290 g/mol. The summed E-state index contributed by atoms with van der Waals surface area (Å²) < 4.78 is 0.745. The van der Waals surface area contributed by atoms with Crippen LogP contribution in [0, 0.1) is 6.92 Å². The minimum absolute atomic E-state index is 0.711. The highest BCUT2D eigenvalue weighted by Crippen LogP contribution is 2.32. The van der Waals surface area contributed by atoms with Crippen LogP contribution in [-0.2, 0) is 0 Å². The van der Waals surface area contributed by atoms with E-state index in [1.165, 1.54) is 11.3 Å². The van der Waals surface area contributed by atoms with Gasteiger partial charge in [-0.05, 0) is 30.7 Å². The van der Waals surface area contributed by atoms with E-state index in [0.29, 0.717) is 5.82 Å². The molecule has 0 amide bonds. The fourth-order valence-electron chi connectivity index (χ4n) is 2.03. The quantitative estimate of drug-likeness (QED) is 0.761. The molecule has 96 valence electrons. The zero-order chi connectivity index (χ0) is 13.4. The monoisotopic (exact) mass is 289 g/mol. The van der Waals surface area contributed by atoms with Crippen molar-refractivity contribution in [1.29, 1.82) is 0 Å². The van der Waals surface area contributed by atoms with Crippen LogP contribution in [0.1, 0.15) is 5.56 Å². The molecule has 0 atom stereocenters. The first-order valence-electron chi connectivity index (χ1n) is 5.90. The summed E-state index contributed by atoms with van der Waals surface area (Å²) in [6.45, 7) is 2.06. The van der Waals surface area contributed by atoms with E-state index in [1.807, 2.05) is 31.3 Å². The van der Waals surface area contributed by atoms with Gasteiger partial charge in [0, 0.05) is 12.4 Å². The molecule has 3 rings (SSSR count). The lowest BCUT2D eigenvalue weighted by atomic mass is 10.1. The molecule has 1 aromatic carbocycles. The maximum atomic E-state index is 5.98. The van der Waals surface area contributed by atoms with Crippen LogP contribution in [0.25, 0.3) is 21.6 Å². The van der Waals surface area contributed by atoms with E-state index in [9.17, 15) is 0 Å². The van der Waals surface area contributed by atoms with Gasteiger partial charge < -0.3 is 5.32 Å². The Balaban J connectivity index is 2.30. The summed E-state index contributed by atoms with van der Waals surface area (Å²) in [5.41, 5.74) is 2.11. The first-order valence-corrected chi connectivity index (χ1v) is 7.09. The Labute approximate surface area is 120 Å². The Kier molecular flexibility index (Phi) is 3.12. The van der Waals surface area contributed by atoms with Crippen molar-refractivity contribution in [2.75, 3.05) is 12.4 Å². The highest BCUT2D eigenvalue weighted by Gasteiger charge is 2.11. The average Bonchev–Trinajstić information content (AvgIpc) is 2.85. The van der Waals surface area contributed by atoms with Gasteiger partial charge in [-0.1, -0.05) is 23.7 Å². The summed E-state index contributed by atoms with van der Waals surface area (Å²) in [7, 11) is 1.87. The number of benzene rings is 1. The van der Waals surface area contributed by atoms with Crippen molar-refractivity contribution in [3.63, 3.8) is 0 Å². The molecule has 0 radical (unpaired) electrons. The van der Waals surface area contributed by atoms with E-state index in [4.69, 9.17) is 11.6 Å². The second-order valence-corrected chi connectivity index (χ2v) is 5.94. The van der Waals surface area contributed by atoms with E-state index in [-0.39, 0.29) is 0 Å². The van der Waals surface area contributed by atoms with E-state index >= 15 is 0 Å². The predicted molar refractivity (Wildman–Crippen MR) is 82.1 cm³/mol. The summed E-state index contributed by atoms with van der Waals surface area (Å²) in [6, 6.07) is 9.92. The molecule has 0 aliphatic heterocycles. The van der Waals surface area contributed by atoms with E-state index in [2.05, 4.69) is 28.3 Å². The number of aromatic nitrogens is 2. The Hall–Kier alpha value is -1.65. The number of nitrogens with one attached hydrogen (secondary N) is 1. The molecule has 3 aromatic rings. The standard InChI is InChI=1S/C14H12ClN3S/c1-8-4-3-5-9-12(8)17-14(18-13(9)16-2)10-6-7-11(15)19-10/h3-7H,1-2H3,(H,16,17,18). The molecular formula is C14H12ClN3S. The fourth-order valence-corrected chi connectivity index (χ4v) is 3.01. The van der Waals surface area contributed by atoms with Crippen molar-refractivity contribution in [3.8, 4) is 10.7 Å². The number of hydrogen-bond acceptors (Lipinski definition) is 4. The highest BCUT2D eigenvalue weighted by atomic mass is 35.5. The summed E-state index contributed by atoms with van der Waals surface area (Å²) >= 11 is 7.47. The molecular weight excluding hydrogens is 278 g/mol. The van der Waals surface area contributed by atoms with Gasteiger partial charge in [0.05, 0.1) is 14.7 Å². The van der Waals surface area contributed by atoms with Crippen LogP contribution in [0.15, 0.2) is 30.3 Å². The summed E-state index contributed by atoms with van der Waals surface area (Å²) in [4.78, 5) is 10.2. The lowest BCUT2D eigenvalue weighted by Crippen LogP contribution is -1.98. The lowest BCUT2D eigenvalue weighted by molar-refractivity contribution is 1.21. The predicted octanol–water partition coefficient (Wildman–Crippen LogP) is 4.36. The number of fused-ring (bicyclic) bond motifs is 1. The number of rotatable bonds is 2. The van der Waals surface area contributed by atoms with E-state index in [1.54, 1.807) is 0 Å². The molecule has 1 N–H and O–H groups in total. The van der Waals surface area contributed by atoms with Crippen molar-refractivity contribution in [1.82, 2.24) is 9.97 Å². The van der Waals surface area contributed by atoms with Crippen LogP contribution in [0.4, 0.5) is 5.82 Å². The van der Waals surface area contributed by atoms with Gasteiger partial charge in [-0.25, -0.2) is 9.97 Å². The second-order valence-electron chi connectivity index (χ2n) is 4.22. The molecule has 19 heavy (non-hydrogen) atoms.